The second kappa shape index (κ2) is 6.33. The number of rotatable bonds is 6. The Morgan fingerprint density at radius 1 is 1.25 bits per heavy atom. The maximum atomic E-state index is 5.54. The van der Waals surface area contributed by atoms with Crippen LogP contribution < -0.4 is 5.32 Å². The van der Waals surface area contributed by atoms with Crippen LogP contribution in [0.4, 0.5) is 0 Å². The molecule has 0 radical (unpaired) electrons. The minimum Gasteiger partial charge on any atom is -0.379 e. The predicted octanol–water partition coefficient (Wildman–Crippen LogP) is 3.18. The van der Waals surface area contributed by atoms with Gasteiger partial charge in [0.15, 0.2) is 0 Å². The lowest BCUT2D eigenvalue weighted by Gasteiger charge is -2.28. The van der Waals surface area contributed by atoms with E-state index in [2.05, 4.69) is 48.4 Å². The number of methoxy groups -OCH3 is 1. The molecular formula is C17H24N2O. The van der Waals surface area contributed by atoms with Crippen LogP contribution in [0.3, 0.4) is 0 Å². The van der Waals surface area contributed by atoms with Gasteiger partial charge in [-0.3, -0.25) is 4.98 Å². The number of para-hydroxylation sites is 1. The van der Waals surface area contributed by atoms with Gasteiger partial charge < -0.3 is 10.1 Å². The zero-order valence-electron chi connectivity index (χ0n) is 12.8. The summed E-state index contributed by atoms with van der Waals surface area (Å²) in [5, 5.41) is 4.65. The number of likely N-dealkylation sites (N-methyl/N-ethyl adjacent to an activating group) is 1. The second-order valence-corrected chi connectivity index (χ2v) is 5.84. The lowest BCUT2D eigenvalue weighted by atomic mass is 9.93. The van der Waals surface area contributed by atoms with Gasteiger partial charge in [-0.05, 0) is 51.4 Å². The molecule has 3 nitrogen and oxygen atoms in total. The Morgan fingerprint density at radius 3 is 2.70 bits per heavy atom. The van der Waals surface area contributed by atoms with Crippen LogP contribution in [0.25, 0.3) is 10.9 Å². The summed E-state index contributed by atoms with van der Waals surface area (Å²) in [6.07, 6.45) is 3.84. The highest BCUT2D eigenvalue weighted by molar-refractivity contribution is 5.81. The first kappa shape index (κ1) is 14.9. The van der Waals surface area contributed by atoms with E-state index in [1.54, 1.807) is 7.11 Å². The Balaban J connectivity index is 2.22. The van der Waals surface area contributed by atoms with Crippen LogP contribution in [0.2, 0.25) is 0 Å². The monoisotopic (exact) mass is 272 g/mol. The van der Waals surface area contributed by atoms with Crippen molar-refractivity contribution in [1.29, 1.82) is 0 Å². The largest absolute Gasteiger partial charge is 0.379 e. The van der Waals surface area contributed by atoms with E-state index in [0.29, 0.717) is 6.04 Å². The number of hydrogen-bond donors (Lipinski definition) is 1. The average Bonchev–Trinajstić information content (AvgIpc) is 2.46. The van der Waals surface area contributed by atoms with Crippen molar-refractivity contribution >= 4 is 10.9 Å². The fourth-order valence-corrected chi connectivity index (χ4v) is 2.55. The van der Waals surface area contributed by atoms with E-state index in [1.807, 2.05) is 19.3 Å². The van der Waals surface area contributed by atoms with Crippen molar-refractivity contribution in [2.45, 2.75) is 38.3 Å². The van der Waals surface area contributed by atoms with Gasteiger partial charge >= 0.3 is 0 Å². The average molecular weight is 272 g/mol. The van der Waals surface area contributed by atoms with Crippen molar-refractivity contribution in [2.24, 2.45) is 0 Å². The number of pyridine rings is 1. The van der Waals surface area contributed by atoms with E-state index in [4.69, 9.17) is 4.74 Å². The van der Waals surface area contributed by atoms with Crippen LogP contribution in [-0.4, -0.2) is 30.8 Å². The Bertz CT molecular complexity index is 560. The SMILES string of the molecule is CNC(Cc1ccnc2ccccc12)CC(C)(C)OC. The molecule has 20 heavy (non-hydrogen) atoms. The van der Waals surface area contributed by atoms with Gasteiger partial charge in [-0.15, -0.1) is 0 Å². The number of benzene rings is 1. The molecule has 0 amide bonds. The molecule has 1 heterocycles. The van der Waals surface area contributed by atoms with E-state index in [-0.39, 0.29) is 5.60 Å². The van der Waals surface area contributed by atoms with E-state index in [9.17, 15) is 0 Å². The first-order chi connectivity index (χ1) is 9.55. The highest BCUT2D eigenvalue weighted by Crippen LogP contribution is 2.22. The number of nitrogens with one attached hydrogen (secondary N) is 1. The molecule has 1 unspecified atom stereocenters. The molecule has 0 aliphatic rings. The maximum absolute atomic E-state index is 5.54. The Morgan fingerprint density at radius 2 is 2.00 bits per heavy atom. The standard InChI is InChI=1S/C17H24N2O/c1-17(2,20-4)12-14(18-3)11-13-9-10-19-16-8-6-5-7-15(13)16/h5-10,14,18H,11-12H2,1-4H3. The molecule has 1 aromatic heterocycles. The fourth-order valence-electron chi connectivity index (χ4n) is 2.55. The van der Waals surface area contributed by atoms with Gasteiger partial charge in [0.2, 0.25) is 0 Å². The summed E-state index contributed by atoms with van der Waals surface area (Å²) in [6, 6.07) is 10.8. The minimum absolute atomic E-state index is 0.115. The van der Waals surface area contributed by atoms with Crippen molar-refractivity contribution in [3.05, 3.63) is 42.1 Å². The summed E-state index contributed by atoms with van der Waals surface area (Å²) in [6.45, 7) is 4.25. The topological polar surface area (TPSA) is 34.2 Å². The zero-order valence-corrected chi connectivity index (χ0v) is 12.8. The van der Waals surface area contributed by atoms with E-state index in [1.165, 1.54) is 10.9 Å². The summed E-state index contributed by atoms with van der Waals surface area (Å²) in [5.74, 6) is 0. The number of aromatic nitrogens is 1. The lowest BCUT2D eigenvalue weighted by Crippen LogP contribution is -2.37. The summed E-state index contributed by atoms with van der Waals surface area (Å²) >= 11 is 0. The number of ether oxygens (including phenoxy) is 1. The van der Waals surface area contributed by atoms with Gasteiger partial charge in [0.05, 0.1) is 11.1 Å². The summed E-state index contributed by atoms with van der Waals surface area (Å²) in [7, 11) is 3.79. The maximum Gasteiger partial charge on any atom is 0.0704 e. The molecule has 0 saturated heterocycles. The molecule has 2 rings (SSSR count). The highest BCUT2D eigenvalue weighted by atomic mass is 16.5. The molecule has 0 aliphatic heterocycles. The zero-order chi connectivity index (χ0) is 14.6. The Labute approximate surface area is 121 Å². The van der Waals surface area contributed by atoms with Crippen LogP contribution >= 0.6 is 0 Å². The van der Waals surface area contributed by atoms with Gasteiger partial charge in [0, 0.05) is 24.7 Å². The molecular weight excluding hydrogens is 248 g/mol. The van der Waals surface area contributed by atoms with E-state index in [0.717, 1.165) is 18.4 Å². The van der Waals surface area contributed by atoms with Gasteiger partial charge in [-0.2, -0.15) is 0 Å². The van der Waals surface area contributed by atoms with Crippen LogP contribution in [-0.2, 0) is 11.2 Å². The number of nitrogens with zero attached hydrogens (tertiary/aromatic N) is 1. The van der Waals surface area contributed by atoms with Crippen molar-refractivity contribution < 1.29 is 4.74 Å². The van der Waals surface area contributed by atoms with Crippen LogP contribution in [0, 0.1) is 0 Å². The Hall–Kier alpha value is -1.45. The molecule has 1 N–H and O–H groups in total. The van der Waals surface area contributed by atoms with Gasteiger partial charge in [0.25, 0.3) is 0 Å². The van der Waals surface area contributed by atoms with Crippen LogP contribution in [0.15, 0.2) is 36.5 Å². The first-order valence-corrected chi connectivity index (χ1v) is 7.11. The van der Waals surface area contributed by atoms with E-state index >= 15 is 0 Å². The fraction of sp³-hybridized carbons (Fsp3) is 0.471. The summed E-state index contributed by atoms with van der Waals surface area (Å²) < 4.78 is 5.54. The van der Waals surface area contributed by atoms with Crippen molar-refractivity contribution in [2.75, 3.05) is 14.2 Å². The first-order valence-electron chi connectivity index (χ1n) is 7.11. The molecule has 0 bridgehead atoms. The molecule has 0 spiro atoms. The van der Waals surface area contributed by atoms with Crippen molar-refractivity contribution in [1.82, 2.24) is 10.3 Å². The molecule has 2 aromatic rings. The lowest BCUT2D eigenvalue weighted by molar-refractivity contribution is 0.00775. The highest BCUT2D eigenvalue weighted by Gasteiger charge is 2.22. The number of fused-ring (bicyclic) bond motifs is 1. The van der Waals surface area contributed by atoms with Crippen molar-refractivity contribution in [3.63, 3.8) is 0 Å². The molecule has 1 atom stereocenters. The normalized spacial score (nSPS) is 13.6. The molecule has 0 aliphatic carbocycles. The third-order valence-corrected chi connectivity index (χ3v) is 3.90. The Kier molecular flexibility index (Phi) is 4.73. The molecule has 0 saturated carbocycles. The van der Waals surface area contributed by atoms with Crippen LogP contribution in [0.1, 0.15) is 25.8 Å². The molecule has 1 aromatic carbocycles. The summed E-state index contributed by atoms with van der Waals surface area (Å²) in [4.78, 5) is 4.42. The molecule has 108 valence electrons. The quantitative estimate of drug-likeness (QED) is 0.877. The molecule has 0 fully saturated rings. The second-order valence-electron chi connectivity index (χ2n) is 5.84. The van der Waals surface area contributed by atoms with Gasteiger partial charge in [-0.1, -0.05) is 18.2 Å². The third-order valence-electron chi connectivity index (χ3n) is 3.90. The third kappa shape index (κ3) is 3.56. The summed E-state index contributed by atoms with van der Waals surface area (Å²) in [5.41, 5.74) is 2.28. The van der Waals surface area contributed by atoms with E-state index < -0.39 is 0 Å². The molecule has 3 heteroatoms. The van der Waals surface area contributed by atoms with Crippen molar-refractivity contribution in [3.8, 4) is 0 Å². The minimum atomic E-state index is -0.115. The van der Waals surface area contributed by atoms with Crippen LogP contribution in [0.5, 0.6) is 0 Å². The van der Waals surface area contributed by atoms with Gasteiger partial charge in [0.1, 0.15) is 0 Å². The predicted molar refractivity (Wildman–Crippen MR) is 84.0 cm³/mol. The number of hydrogen-bond acceptors (Lipinski definition) is 3. The van der Waals surface area contributed by atoms with Gasteiger partial charge in [-0.25, -0.2) is 0 Å². The smallest absolute Gasteiger partial charge is 0.0704 e.